The average Bonchev–Trinajstić information content (AvgIpc) is 3.07. The molecule has 206 valence electrons. The van der Waals surface area contributed by atoms with E-state index in [4.69, 9.17) is 13.9 Å². The second-order valence-electron chi connectivity index (χ2n) is 14.3. The Morgan fingerprint density at radius 1 is 0.944 bits per heavy atom. The molecule has 1 aliphatic heterocycles. The first-order chi connectivity index (χ1) is 16.6. The molecule has 36 heavy (non-hydrogen) atoms. The van der Waals surface area contributed by atoms with Gasteiger partial charge in [-0.1, -0.05) is 67.9 Å². The van der Waals surface area contributed by atoms with Crippen molar-refractivity contribution in [1.29, 1.82) is 0 Å². The van der Waals surface area contributed by atoms with Crippen LogP contribution in [-0.4, -0.2) is 38.7 Å². The monoisotopic (exact) mass is 518 g/mol. The molecule has 0 N–H and O–H groups in total. The van der Waals surface area contributed by atoms with Crippen LogP contribution in [0.25, 0.3) is 0 Å². The molecule has 1 heterocycles. The summed E-state index contributed by atoms with van der Waals surface area (Å²) in [6.07, 6.45) is 7.43. The van der Waals surface area contributed by atoms with Crippen molar-refractivity contribution in [3.8, 4) is 0 Å². The van der Waals surface area contributed by atoms with Crippen molar-refractivity contribution < 1.29 is 18.7 Å². The van der Waals surface area contributed by atoms with Gasteiger partial charge in [-0.15, -0.1) is 0 Å². The van der Waals surface area contributed by atoms with E-state index in [1.165, 1.54) is 5.57 Å². The smallest absolute Gasteiger partial charge is 0.200 e. The largest absolute Gasteiger partial charge is 0.415 e. The summed E-state index contributed by atoms with van der Waals surface area (Å²) in [5, 5.41) is 0. The second kappa shape index (κ2) is 9.61. The fourth-order valence-corrected chi connectivity index (χ4v) is 15.0. The molecule has 1 spiro atoms. The van der Waals surface area contributed by atoms with E-state index in [0.29, 0.717) is 34.2 Å². The van der Waals surface area contributed by atoms with Crippen molar-refractivity contribution in [3.05, 3.63) is 11.6 Å². The van der Waals surface area contributed by atoms with Crippen LogP contribution in [0.4, 0.5) is 0 Å². The predicted octanol–water partition coefficient (Wildman–Crippen LogP) is 8.07. The normalized spacial score (nSPS) is 40.7. The van der Waals surface area contributed by atoms with Gasteiger partial charge in [0.2, 0.25) is 0 Å². The van der Waals surface area contributed by atoms with E-state index in [0.717, 1.165) is 38.7 Å². The molecule has 3 fully saturated rings. The summed E-state index contributed by atoms with van der Waals surface area (Å²) in [7, 11) is -2.01. The minimum absolute atomic E-state index is 0.0123. The number of hydrogen-bond donors (Lipinski definition) is 0. The van der Waals surface area contributed by atoms with Crippen LogP contribution in [0.5, 0.6) is 0 Å². The van der Waals surface area contributed by atoms with E-state index in [1.54, 1.807) is 0 Å². The third kappa shape index (κ3) is 4.14. The maximum atomic E-state index is 13.2. The lowest BCUT2D eigenvalue weighted by Gasteiger charge is -2.62. The summed E-state index contributed by atoms with van der Waals surface area (Å²) >= 11 is 0. The van der Waals surface area contributed by atoms with E-state index >= 15 is 0 Å². The predicted molar refractivity (Wildman–Crippen MR) is 149 cm³/mol. The third-order valence-electron chi connectivity index (χ3n) is 11.4. The van der Waals surface area contributed by atoms with E-state index in [1.807, 2.05) is 0 Å². The summed E-state index contributed by atoms with van der Waals surface area (Å²) in [5.41, 5.74) is 3.04. The fraction of sp³-hybridized carbons (Fsp3) is 0.903. The summed E-state index contributed by atoms with van der Waals surface area (Å²) in [6.45, 7) is 26.2. The molecular formula is C31H54O4Si. The minimum Gasteiger partial charge on any atom is -0.415 e. The highest BCUT2D eigenvalue weighted by Gasteiger charge is 2.63. The molecule has 0 aromatic rings. The first-order valence-electron chi connectivity index (χ1n) is 14.9. The minimum atomic E-state index is -2.01. The van der Waals surface area contributed by atoms with Crippen LogP contribution in [0, 0.1) is 28.6 Å². The van der Waals surface area contributed by atoms with Gasteiger partial charge in [-0.2, -0.15) is 0 Å². The number of allylic oxidation sites excluding steroid dienone is 1. The van der Waals surface area contributed by atoms with Gasteiger partial charge in [0.1, 0.15) is 0 Å². The van der Waals surface area contributed by atoms with Crippen LogP contribution in [0.2, 0.25) is 16.6 Å². The van der Waals surface area contributed by atoms with Crippen LogP contribution in [0.3, 0.4) is 0 Å². The Morgan fingerprint density at radius 3 is 2.03 bits per heavy atom. The standard InChI is InChI=1S/C31H54O4Si/c1-19(2)36(20(3)4,21(5)6)33-18-30-13-12-26-23(8)31(34-24(9)25(10)35-31)15-14-29(26,11)28(30)16-27(32)22(7)17-30/h16,19-26H,12-15,17-18H2,1-11H3/t22-,23+,24-,25-,26+,29+,30+/m1/s1. The van der Waals surface area contributed by atoms with Crippen molar-refractivity contribution in [3.63, 3.8) is 0 Å². The van der Waals surface area contributed by atoms with Gasteiger partial charge in [0.15, 0.2) is 19.9 Å². The average molecular weight is 519 g/mol. The number of carbonyl (C=O) groups is 1. The van der Waals surface area contributed by atoms with Gasteiger partial charge < -0.3 is 13.9 Å². The van der Waals surface area contributed by atoms with Crippen molar-refractivity contribution in [2.24, 2.45) is 28.6 Å². The van der Waals surface area contributed by atoms with E-state index in [-0.39, 0.29) is 29.0 Å². The van der Waals surface area contributed by atoms with Gasteiger partial charge in [0.05, 0.1) is 12.2 Å². The molecule has 4 rings (SSSR count). The maximum Gasteiger partial charge on any atom is 0.200 e. The third-order valence-corrected chi connectivity index (χ3v) is 17.5. The molecule has 0 radical (unpaired) electrons. The Morgan fingerprint density at radius 2 is 1.50 bits per heavy atom. The SMILES string of the molecule is CC(C)[Si](OC[C@@]12CC[C@H]3[C@H](C)C4(CC[C@]3(C)C1=CC(=O)[C@H](C)C2)O[C@H](C)[C@@H](C)O4)(C(C)C)C(C)C. The molecule has 0 amide bonds. The Labute approximate surface area is 222 Å². The van der Waals surface area contributed by atoms with E-state index < -0.39 is 14.1 Å². The first-order valence-corrected chi connectivity index (χ1v) is 17.1. The lowest BCUT2D eigenvalue weighted by molar-refractivity contribution is -0.255. The highest BCUT2D eigenvalue weighted by molar-refractivity contribution is 6.77. The molecule has 4 nitrogen and oxygen atoms in total. The number of carbonyl (C=O) groups excluding carboxylic acids is 1. The molecule has 0 bridgehead atoms. The zero-order valence-electron chi connectivity index (χ0n) is 25.1. The van der Waals surface area contributed by atoms with Gasteiger partial charge in [-0.05, 0) is 73.6 Å². The molecule has 0 aromatic carbocycles. The Hall–Kier alpha value is -0.493. The van der Waals surface area contributed by atoms with E-state index in [2.05, 4.69) is 82.2 Å². The molecule has 3 aliphatic carbocycles. The van der Waals surface area contributed by atoms with Gasteiger partial charge in [0, 0.05) is 30.3 Å². The number of hydrogen-bond acceptors (Lipinski definition) is 4. The molecule has 1 saturated heterocycles. The summed E-state index contributed by atoms with van der Waals surface area (Å²) < 4.78 is 20.4. The zero-order valence-corrected chi connectivity index (χ0v) is 26.1. The quantitative estimate of drug-likeness (QED) is 0.334. The van der Waals surface area contributed by atoms with Crippen LogP contribution in [0.1, 0.15) is 108 Å². The fourth-order valence-electron chi connectivity index (χ4n) is 9.43. The molecule has 0 unspecified atom stereocenters. The Kier molecular flexibility index (Phi) is 7.61. The van der Waals surface area contributed by atoms with Crippen LogP contribution < -0.4 is 0 Å². The van der Waals surface area contributed by atoms with Crippen molar-refractivity contribution in [2.45, 2.75) is 143 Å². The summed E-state index contributed by atoms with van der Waals surface area (Å²) in [6, 6.07) is 0. The van der Waals surface area contributed by atoms with Crippen LogP contribution >= 0.6 is 0 Å². The highest BCUT2D eigenvalue weighted by atomic mass is 28.4. The molecular weight excluding hydrogens is 464 g/mol. The lowest BCUT2D eigenvalue weighted by Crippen LogP contribution is -2.59. The lowest BCUT2D eigenvalue weighted by atomic mass is 9.45. The van der Waals surface area contributed by atoms with Gasteiger partial charge in [-0.25, -0.2) is 0 Å². The summed E-state index contributed by atoms with van der Waals surface area (Å²) in [5.74, 6) is 0.661. The van der Waals surface area contributed by atoms with E-state index in [9.17, 15) is 4.79 Å². The van der Waals surface area contributed by atoms with Crippen molar-refractivity contribution in [2.75, 3.05) is 6.61 Å². The second-order valence-corrected chi connectivity index (χ2v) is 19.7. The molecule has 2 saturated carbocycles. The van der Waals surface area contributed by atoms with Gasteiger partial charge >= 0.3 is 0 Å². The van der Waals surface area contributed by atoms with Crippen molar-refractivity contribution in [1.82, 2.24) is 0 Å². The number of fused-ring (bicyclic) bond motifs is 3. The number of ketones is 1. The number of rotatable bonds is 6. The zero-order chi connectivity index (χ0) is 26.8. The topological polar surface area (TPSA) is 44.8 Å². The Balaban J connectivity index is 1.70. The highest BCUT2D eigenvalue weighted by Crippen LogP contribution is 2.66. The first kappa shape index (κ1) is 28.5. The van der Waals surface area contributed by atoms with Gasteiger partial charge in [0.25, 0.3) is 0 Å². The molecule has 4 aliphatic rings. The van der Waals surface area contributed by atoms with Crippen LogP contribution in [0.15, 0.2) is 11.6 Å². The number of ether oxygens (including phenoxy) is 2. The molecule has 0 aromatic heterocycles. The molecule has 5 heteroatoms. The maximum absolute atomic E-state index is 13.2. The van der Waals surface area contributed by atoms with Crippen molar-refractivity contribution >= 4 is 14.1 Å². The van der Waals surface area contributed by atoms with Gasteiger partial charge in [-0.3, -0.25) is 4.79 Å². The van der Waals surface area contributed by atoms with Crippen LogP contribution in [-0.2, 0) is 18.7 Å². The molecule has 7 atom stereocenters. The summed E-state index contributed by atoms with van der Waals surface area (Å²) in [4.78, 5) is 13.2. The Bertz CT molecular complexity index is 846.